The maximum atomic E-state index is 15.1. The van der Waals surface area contributed by atoms with Crippen molar-refractivity contribution in [1.29, 1.82) is 0 Å². The number of para-hydroxylation sites is 1. The first-order valence-corrected chi connectivity index (χ1v) is 13.5. The molecule has 2 fully saturated rings. The number of nitrogens with one attached hydrogen (secondary N) is 2. The highest BCUT2D eigenvalue weighted by Gasteiger charge is 2.15. The molecule has 2 aliphatic heterocycles. The van der Waals surface area contributed by atoms with Crippen LogP contribution in [0.5, 0.6) is 5.75 Å². The maximum absolute atomic E-state index is 15.1. The van der Waals surface area contributed by atoms with Crippen LogP contribution in [-0.4, -0.2) is 80.5 Å². The number of morpholine rings is 1. The monoisotopic (exact) mass is 528 g/mol. The molecular weight excluding hydrogens is 495 g/mol. The predicted octanol–water partition coefficient (Wildman–Crippen LogP) is 4.30. The molecule has 6 rings (SSSR count). The van der Waals surface area contributed by atoms with Crippen molar-refractivity contribution < 1.29 is 13.9 Å². The molecule has 0 bridgehead atoms. The molecule has 0 radical (unpaired) electrons. The molecule has 2 N–H and O–H groups in total. The molecule has 0 amide bonds. The Morgan fingerprint density at radius 2 is 1.77 bits per heavy atom. The first-order chi connectivity index (χ1) is 19.2. The molecule has 4 aromatic rings. The van der Waals surface area contributed by atoms with Gasteiger partial charge in [0.1, 0.15) is 18.2 Å². The zero-order valence-electron chi connectivity index (χ0n) is 21.9. The summed E-state index contributed by atoms with van der Waals surface area (Å²) in [7, 11) is 0. The van der Waals surface area contributed by atoms with Gasteiger partial charge in [-0.3, -0.25) is 4.90 Å². The first-order valence-electron chi connectivity index (χ1n) is 13.5. The molecule has 0 atom stereocenters. The number of hydrogen-bond donors (Lipinski definition) is 2. The van der Waals surface area contributed by atoms with Crippen LogP contribution in [-0.2, 0) is 4.74 Å². The molecular formula is C30H33FN6O2. The number of piperazine rings is 1. The van der Waals surface area contributed by atoms with Crippen LogP contribution in [0.25, 0.3) is 22.0 Å². The first kappa shape index (κ1) is 25.5. The molecule has 9 heteroatoms. The summed E-state index contributed by atoms with van der Waals surface area (Å²) in [6.07, 6.45) is 1.77. The van der Waals surface area contributed by atoms with Crippen molar-refractivity contribution >= 4 is 28.2 Å². The van der Waals surface area contributed by atoms with Gasteiger partial charge in [0.15, 0.2) is 0 Å². The van der Waals surface area contributed by atoms with E-state index in [0.717, 1.165) is 70.1 Å². The summed E-state index contributed by atoms with van der Waals surface area (Å²) in [5.41, 5.74) is 3.92. The van der Waals surface area contributed by atoms with E-state index in [-0.39, 0.29) is 5.82 Å². The zero-order chi connectivity index (χ0) is 26.4. The van der Waals surface area contributed by atoms with Crippen molar-refractivity contribution in [2.45, 2.75) is 0 Å². The van der Waals surface area contributed by atoms with Crippen LogP contribution in [0.1, 0.15) is 0 Å². The van der Waals surface area contributed by atoms with E-state index in [1.165, 1.54) is 11.8 Å². The molecule has 8 nitrogen and oxygen atoms in total. The second-order valence-electron chi connectivity index (χ2n) is 9.79. The lowest BCUT2D eigenvalue weighted by Crippen LogP contribution is -2.43. The van der Waals surface area contributed by atoms with Gasteiger partial charge in [0, 0.05) is 79.9 Å². The normalized spacial score (nSPS) is 16.4. The molecule has 0 saturated carbocycles. The van der Waals surface area contributed by atoms with Gasteiger partial charge in [-0.15, -0.1) is 0 Å². The van der Waals surface area contributed by atoms with Crippen LogP contribution in [0.2, 0.25) is 0 Å². The molecule has 3 heterocycles. The van der Waals surface area contributed by atoms with E-state index in [0.29, 0.717) is 34.9 Å². The lowest BCUT2D eigenvalue weighted by molar-refractivity contribution is 0.0322. The third-order valence-corrected chi connectivity index (χ3v) is 7.22. The third-order valence-electron chi connectivity index (χ3n) is 7.22. The molecule has 202 valence electrons. The maximum Gasteiger partial charge on any atom is 0.227 e. The Bertz CT molecular complexity index is 1400. The molecule has 39 heavy (non-hydrogen) atoms. The van der Waals surface area contributed by atoms with Crippen molar-refractivity contribution in [3.05, 3.63) is 72.7 Å². The fourth-order valence-corrected chi connectivity index (χ4v) is 5.06. The van der Waals surface area contributed by atoms with Crippen LogP contribution < -0.4 is 20.3 Å². The second kappa shape index (κ2) is 11.9. The van der Waals surface area contributed by atoms with Crippen molar-refractivity contribution in [2.24, 2.45) is 0 Å². The van der Waals surface area contributed by atoms with E-state index in [1.807, 2.05) is 30.3 Å². The molecule has 0 aliphatic carbocycles. The fourth-order valence-electron chi connectivity index (χ4n) is 5.06. The quantitative estimate of drug-likeness (QED) is 0.351. The lowest BCUT2D eigenvalue weighted by Gasteiger charge is -2.29. The Morgan fingerprint density at radius 1 is 0.949 bits per heavy atom. The van der Waals surface area contributed by atoms with Gasteiger partial charge in [-0.2, -0.15) is 0 Å². The van der Waals surface area contributed by atoms with Gasteiger partial charge in [-0.1, -0.05) is 18.2 Å². The van der Waals surface area contributed by atoms with Crippen LogP contribution in [0.3, 0.4) is 0 Å². The van der Waals surface area contributed by atoms with Gasteiger partial charge in [0.05, 0.1) is 18.7 Å². The van der Waals surface area contributed by atoms with Gasteiger partial charge in [0.2, 0.25) is 5.95 Å². The Kier molecular flexibility index (Phi) is 7.80. The average Bonchev–Trinajstić information content (AvgIpc) is 2.99. The van der Waals surface area contributed by atoms with Crippen molar-refractivity contribution in [2.75, 3.05) is 75.9 Å². The van der Waals surface area contributed by atoms with Crippen molar-refractivity contribution in [3.8, 4) is 16.9 Å². The minimum absolute atomic E-state index is 0.320. The SMILES string of the molecule is Fc1ccc(OCCN2CCOCC2)cc1-c1cccc2cnc(Nc3ccc(N4CCNCC4)cc3)nc12. The largest absolute Gasteiger partial charge is 0.492 e. The third kappa shape index (κ3) is 6.11. The smallest absolute Gasteiger partial charge is 0.227 e. The van der Waals surface area contributed by atoms with Crippen LogP contribution in [0, 0.1) is 5.82 Å². The van der Waals surface area contributed by atoms with E-state index >= 15 is 4.39 Å². The summed E-state index contributed by atoms with van der Waals surface area (Å²) in [5.74, 6) is 0.775. The van der Waals surface area contributed by atoms with E-state index < -0.39 is 0 Å². The highest BCUT2D eigenvalue weighted by molar-refractivity contribution is 5.94. The summed E-state index contributed by atoms with van der Waals surface area (Å²) in [4.78, 5) is 14.0. The van der Waals surface area contributed by atoms with Gasteiger partial charge in [-0.25, -0.2) is 14.4 Å². The topological polar surface area (TPSA) is 74.8 Å². The summed E-state index contributed by atoms with van der Waals surface area (Å²) in [5, 5.41) is 7.52. The predicted molar refractivity (Wildman–Crippen MR) is 152 cm³/mol. The Labute approximate surface area is 227 Å². The number of nitrogens with zero attached hydrogens (tertiary/aromatic N) is 4. The molecule has 0 spiro atoms. The molecule has 3 aromatic carbocycles. The number of halogens is 1. The summed E-state index contributed by atoms with van der Waals surface area (Å²) in [6.45, 7) is 8.65. The highest BCUT2D eigenvalue weighted by atomic mass is 19.1. The Hall–Kier alpha value is -3.79. The molecule has 2 aliphatic rings. The number of aromatic nitrogens is 2. The number of benzene rings is 3. The number of ether oxygens (including phenoxy) is 2. The Morgan fingerprint density at radius 3 is 2.59 bits per heavy atom. The van der Waals surface area contributed by atoms with E-state index in [9.17, 15) is 0 Å². The van der Waals surface area contributed by atoms with Crippen molar-refractivity contribution in [1.82, 2.24) is 20.2 Å². The van der Waals surface area contributed by atoms with Gasteiger partial charge in [-0.05, 0) is 42.5 Å². The standard InChI is InChI=1S/C30H33FN6O2/c31-28-9-8-25(39-19-16-36-14-17-38-18-15-36)20-27(28)26-3-1-2-22-21-33-30(35-29(22)26)34-23-4-6-24(7-5-23)37-12-10-32-11-13-37/h1-9,20-21,32H,10-19H2,(H,33,34,35). The van der Waals surface area contributed by atoms with Gasteiger partial charge < -0.3 is 25.0 Å². The number of rotatable bonds is 8. The lowest BCUT2D eigenvalue weighted by atomic mass is 10.0. The summed E-state index contributed by atoms with van der Waals surface area (Å²) >= 11 is 0. The van der Waals surface area contributed by atoms with Crippen molar-refractivity contribution in [3.63, 3.8) is 0 Å². The fraction of sp³-hybridized carbons (Fsp3) is 0.333. The Balaban J connectivity index is 1.20. The number of fused-ring (bicyclic) bond motifs is 1. The molecule has 1 aromatic heterocycles. The molecule has 2 saturated heterocycles. The van der Waals surface area contributed by atoms with E-state index in [1.54, 1.807) is 18.3 Å². The minimum Gasteiger partial charge on any atom is -0.492 e. The summed E-state index contributed by atoms with van der Waals surface area (Å²) < 4.78 is 26.5. The van der Waals surface area contributed by atoms with Crippen LogP contribution >= 0.6 is 0 Å². The zero-order valence-corrected chi connectivity index (χ0v) is 21.9. The van der Waals surface area contributed by atoms with Gasteiger partial charge >= 0.3 is 0 Å². The highest BCUT2D eigenvalue weighted by Crippen LogP contribution is 2.32. The number of anilines is 3. The van der Waals surface area contributed by atoms with E-state index in [2.05, 4.69) is 37.6 Å². The average molecular weight is 529 g/mol. The summed E-state index contributed by atoms with van der Waals surface area (Å²) in [6, 6.07) is 18.9. The second-order valence-corrected chi connectivity index (χ2v) is 9.79. The van der Waals surface area contributed by atoms with Crippen LogP contribution in [0.15, 0.2) is 66.9 Å². The minimum atomic E-state index is -0.320. The van der Waals surface area contributed by atoms with Gasteiger partial charge in [0.25, 0.3) is 0 Å². The van der Waals surface area contributed by atoms with Crippen LogP contribution in [0.4, 0.5) is 21.7 Å². The van der Waals surface area contributed by atoms with E-state index in [4.69, 9.17) is 14.5 Å². The molecule has 0 unspecified atom stereocenters. The number of hydrogen-bond acceptors (Lipinski definition) is 8.